The van der Waals surface area contributed by atoms with Gasteiger partial charge in [0, 0.05) is 17.1 Å². The van der Waals surface area contributed by atoms with E-state index in [0.717, 1.165) is 6.42 Å². The molecule has 2 N–H and O–H groups in total. The molecule has 1 unspecified atom stereocenters. The topological polar surface area (TPSA) is 53.0 Å². The van der Waals surface area contributed by atoms with Gasteiger partial charge in [-0.2, -0.15) is 0 Å². The summed E-state index contributed by atoms with van der Waals surface area (Å²) in [5.74, 6) is -0.283. The summed E-state index contributed by atoms with van der Waals surface area (Å²) in [6.45, 7) is 4.28. The maximum absolute atomic E-state index is 11.7. The first-order valence-corrected chi connectivity index (χ1v) is 6.38. The fourth-order valence-electron chi connectivity index (χ4n) is 1.58. The SMILES string of the molecule is CCC(C(C)=N)C(=O)NCCc1cccs1. The Labute approximate surface area is 100 Å². The van der Waals surface area contributed by atoms with E-state index in [2.05, 4.69) is 11.4 Å². The zero-order valence-electron chi connectivity index (χ0n) is 9.75. The molecule has 4 heteroatoms. The van der Waals surface area contributed by atoms with Gasteiger partial charge in [0.2, 0.25) is 5.91 Å². The second-order valence-corrected chi connectivity index (χ2v) is 4.80. The van der Waals surface area contributed by atoms with E-state index in [-0.39, 0.29) is 11.8 Å². The Morgan fingerprint density at radius 2 is 2.38 bits per heavy atom. The highest BCUT2D eigenvalue weighted by atomic mass is 32.1. The van der Waals surface area contributed by atoms with Crippen molar-refractivity contribution < 1.29 is 4.79 Å². The number of carbonyl (C=O) groups excluding carboxylic acids is 1. The molecule has 0 saturated heterocycles. The van der Waals surface area contributed by atoms with Gasteiger partial charge in [0.1, 0.15) is 0 Å². The second-order valence-electron chi connectivity index (χ2n) is 3.76. The zero-order chi connectivity index (χ0) is 12.0. The van der Waals surface area contributed by atoms with Crippen LogP contribution in [-0.4, -0.2) is 18.2 Å². The van der Waals surface area contributed by atoms with Gasteiger partial charge in [-0.1, -0.05) is 13.0 Å². The molecule has 3 nitrogen and oxygen atoms in total. The summed E-state index contributed by atoms with van der Waals surface area (Å²) in [4.78, 5) is 13.0. The summed E-state index contributed by atoms with van der Waals surface area (Å²) in [6, 6.07) is 4.08. The molecule has 0 aliphatic carbocycles. The molecule has 0 fully saturated rings. The Morgan fingerprint density at radius 3 is 2.88 bits per heavy atom. The van der Waals surface area contributed by atoms with Crippen LogP contribution in [0.15, 0.2) is 17.5 Å². The van der Waals surface area contributed by atoms with Crippen molar-refractivity contribution in [3.8, 4) is 0 Å². The lowest BCUT2D eigenvalue weighted by molar-refractivity contribution is -0.123. The summed E-state index contributed by atoms with van der Waals surface area (Å²) in [5, 5.41) is 12.4. The molecule has 0 aliphatic heterocycles. The number of carbonyl (C=O) groups is 1. The zero-order valence-corrected chi connectivity index (χ0v) is 10.6. The number of thiophene rings is 1. The van der Waals surface area contributed by atoms with E-state index in [0.29, 0.717) is 18.7 Å². The van der Waals surface area contributed by atoms with Gasteiger partial charge in [0.25, 0.3) is 0 Å². The Morgan fingerprint density at radius 1 is 1.62 bits per heavy atom. The molecular formula is C12H18N2OS. The Balaban J connectivity index is 2.32. The average Bonchev–Trinajstić information content (AvgIpc) is 2.71. The number of rotatable bonds is 6. The van der Waals surface area contributed by atoms with Crippen LogP contribution in [0.1, 0.15) is 25.1 Å². The Bertz CT molecular complexity index is 346. The fraction of sp³-hybridized carbons (Fsp3) is 0.500. The third-order valence-electron chi connectivity index (χ3n) is 2.50. The molecule has 0 bridgehead atoms. The predicted molar refractivity (Wildman–Crippen MR) is 68.2 cm³/mol. The van der Waals surface area contributed by atoms with Crippen LogP contribution in [-0.2, 0) is 11.2 Å². The highest BCUT2D eigenvalue weighted by Crippen LogP contribution is 2.09. The van der Waals surface area contributed by atoms with Crippen molar-refractivity contribution in [2.75, 3.05) is 6.54 Å². The molecule has 1 amide bonds. The van der Waals surface area contributed by atoms with Crippen molar-refractivity contribution in [2.45, 2.75) is 26.7 Å². The minimum absolute atomic E-state index is 0.0217. The molecule has 1 aromatic heterocycles. The minimum Gasteiger partial charge on any atom is -0.355 e. The van der Waals surface area contributed by atoms with Gasteiger partial charge in [-0.3, -0.25) is 4.79 Å². The third kappa shape index (κ3) is 3.77. The smallest absolute Gasteiger partial charge is 0.228 e. The number of amides is 1. The number of hydrogen-bond acceptors (Lipinski definition) is 3. The molecule has 1 heterocycles. The molecule has 88 valence electrons. The summed E-state index contributed by atoms with van der Waals surface area (Å²) in [7, 11) is 0. The lowest BCUT2D eigenvalue weighted by Gasteiger charge is -2.13. The van der Waals surface area contributed by atoms with Gasteiger partial charge in [-0.25, -0.2) is 0 Å². The quantitative estimate of drug-likeness (QED) is 0.735. The van der Waals surface area contributed by atoms with E-state index in [9.17, 15) is 4.79 Å². The lowest BCUT2D eigenvalue weighted by Crippen LogP contribution is -2.35. The summed E-state index contributed by atoms with van der Waals surface area (Å²) >= 11 is 1.70. The van der Waals surface area contributed by atoms with Crippen LogP contribution < -0.4 is 5.32 Å². The average molecular weight is 238 g/mol. The van der Waals surface area contributed by atoms with Gasteiger partial charge in [-0.05, 0) is 31.2 Å². The molecule has 0 radical (unpaired) electrons. The molecular weight excluding hydrogens is 220 g/mol. The molecule has 1 rings (SSSR count). The highest BCUT2D eigenvalue weighted by Gasteiger charge is 2.17. The van der Waals surface area contributed by atoms with Crippen LogP contribution in [0.2, 0.25) is 0 Å². The van der Waals surface area contributed by atoms with Gasteiger partial charge in [0.05, 0.1) is 5.92 Å². The van der Waals surface area contributed by atoms with Crippen molar-refractivity contribution in [3.63, 3.8) is 0 Å². The molecule has 0 spiro atoms. The van der Waals surface area contributed by atoms with Gasteiger partial charge >= 0.3 is 0 Å². The van der Waals surface area contributed by atoms with Crippen LogP contribution in [0.5, 0.6) is 0 Å². The van der Waals surface area contributed by atoms with E-state index < -0.39 is 0 Å². The lowest BCUT2D eigenvalue weighted by atomic mass is 10.0. The maximum atomic E-state index is 11.7. The monoisotopic (exact) mass is 238 g/mol. The molecule has 1 atom stereocenters. The molecule has 0 saturated carbocycles. The fourth-order valence-corrected chi connectivity index (χ4v) is 2.28. The van der Waals surface area contributed by atoms with E-state index in [4.69, 9.17) is 5.41 Å². The van der Waals surface area contributed by atoms with Gasteiger partial charge < -0.3 is 10.7 Å². The van der Waals surface area contributed by atoms with Gasteiger partial charge in [0.15, 0.2) is 0 Å². The molecule has 0 aliphatic rings. The predicted octanol–water partition coefficient (Wildman–Crippen LogP) is 2.47. The minimum atomic E-state index is -0.261. The first kappa shape index (κ1) is 12.9. The normalized spacial score (nSPS) is 12.1. The van der Waals surface area contributed by atoms with E-state index in [1.54, 1.807) is 18.3 Å². The molecule has 0 aromatic carbocycles. The van der Waals surface area contributed by atoms with Crippen LogP contribution in [0.3, 0.4) is 0 Å². The van der Waals surface area contributed by atoms with Crippen LogP contribution in [0, 0.1) is 11.3 Å². The Kier molecular flexibility index (Phi) is 5.19. The standard InChI is InChI=1S/C12H18N2OS/c1-3-11(9(2)13)12(15)14-7-6-10-5-4-8-16-10/h4-5,8,11,13H,3,6-7H2,1-2H3,(H,14,15). The maximum Gasteiger partial charge on any atom is 0.228 e. The van der Waals surface area contributed by atoms with E-state index in [1.165, 1.54) is 4.88 Å². The van der Waals surface area contributed by atoms with Crippen molar-refractivity contribution in [2.24, 2.45) is 5.92 Å². The highest BCUT2D eigenvalue weighted by molar-refractivity contribution is 7.09. The van der Waals surface area contributed by atoms with Crippen LogP contribution >= 0.6 is 11.3 Å². The Hall–Kier alpha value is -1.16. The first-order chi connectivity index (χ1) is 7.65. The summed E-state index contributed by atoms with van der Waals surface area (Å²) in [6.07, 6.45) is 1.57. The molecule has 16 heavy (non-hydrogen) atoms. The number of nitrogens with one attached hydrogen (secondary N) is 2. The number of hydrogen-bond donors (Lipinski definition) is 2. The van der Waals surface area contributed by atoms with E-state index >= 15 is 0 Å². The van der Waals surface area contributed by atoms with Gasteiger partial charge in [-0.15, -0.1) is 11.3 Å². The van der Waals surface area contributed by atoms with Crippen molar-refractivity contribution in [1.82, 2.24) is 5.32 Å². The molecule has 1 aromatic rings. The summed E-state index contributed by atoms with van der Waals surface area (Å²) < 4.78 is 0. The van der Waals surface area contributed by atoms with Crippen molar-refractivity contribution in [1.29, 1.82) is 5.41 Å². The van der Waals surface area contributed by atoms with Crippen molar-refractivity contribution >= 4 is 23.0 Å². The van der Waals surface area contributed by atoms with Crippen LogP contribution in [0.4, 0.5) is 0 Å². The van der Waals surface area contributed by atoms with Crippen LogP contribution in [0.25, 0.3) is 0 Å². The van der Waals surface area contributed by atoms with Crippen molar-refractivity contribution in [3.05, 3.63) is 22.4 Å². The second kappa shape index (κ2) is 6.43. The summed E-state index contributed by atoms with van der Waals surface area (Å²) in [5.41, 5.74) is 0.441. The van der Waals surface area contributed by atoms with E-state index in [1.807, 2.05) is 18.4 Å². The first-order valence-electron chi connectivity index (χ1n) is 5.50. The third-order valence-corrected chi connectivity index (χ3v) is 3.43. The largest absolute Gasteiger partial charge is 0.355 e.